The molecule has 0 radical (unpaired) electrons. The minimum atomic E-state index is -0.0754. The van der Waals surface area contributed by atoms with Crippen molar-refractivity contribution in [3.05, 3.63) is 66.2 Å². The molecule has 1 fully saturated rings. The van der Waals surface area contributed by atoms with Crippen molar-refractivity contribution in [3.8, 4) is 5.75 Å². The predicted octanol–water partition coefficient (Wildman–Crippen LogP) is 3.43. The number of benzene rings is 2. The van der Waals surface area contributed by atoms with Crippen LogP contribution in [0, 0.1) is 0 Å². The lowest BCUT2D eigenvalue weighted by molar-refractivity contribution is 0.0371. The first-order valence-electron chi connectivity index (χ1n) is 7.35. The summed E-state index contributed by atoms with van der Waals surface area (Å²) in [7, 11) is 0. The Balaban J connectivity index is 1.81. The third-order valence-corrected chi connectivity index (χ3v) is 3.96. The molecule has 0 aliphatic carbocycles. The Labute approximate surface area is 120 Å². The van der Waals surface area contributed by atoms with Crippen LogP contribution in [0.5, 0.6) is 5.75 Å². The van der Waals surface area contributed by atoms with Crippen LogP contribution in [0.25, 0.3) is 0 Å². The van der Waals surface area contributed by atoms with E-state index in [0.717, 1.165) is 38.1 Å². The molecule has 1 N–H and O–H groups in total. The van der Waals surface area contributed by atoms with Crippen LogP contribution in [-0.2, 0) is 6.42 Å². The van der Waals surface area contributed by atoms with Gasteiger partial charge in [0.25, 0.3) is 0 Å². The zero-order valence-electron chi connectivity index (χ0n) is 11.7. The molecule has 1 aliphatic rings. The molecule has 0 spiro atoms. The molecule has 0 atom stereocenters. The SMILES string of the molecule is c1ccc(CC2(Oc3ccccc3)CCNCC2)cc1. The molecule has 1 aliphatic heterocycles. The van der Waals surface area contributed by atoms with Crippen LogP contribution in [0.15, 0.2) is 60.7 Å². The van der Waals surface area contributed by atoms with Crippen molar-refractivity contribution in [2.45, 2.75) is 24.9 Å². The lowest BCUT2D eigenvalue weighted by Gasteiger charge is -2.38. The largest absolute Gasteiger partial charge is 0.487 e. The highest BCUT2D eigenvalue weighted by Gasteiger charge is 2.34. The molecule has 104 valence electrons. The number of hydrogen-bond donors (Lipinski definition) is 1. The van der Waals surface area contributed by atoms with Gasteiger partial charge in [0.2, 0.25) is 0 Å². The van der Waals surface area contributed by atoms with Gasteiger partial charge >= 0.3 is 0 Å². The van der Waals surface area contributed by atoms with Crippen LogP contribution in [0.1, 0.15) is 18.4 Å². The van der Waals surface area contributed by atoms with Crippen molar-refractivity contribution in [3.63, 3.8) is 0 Å². The van der Waals surface area contributed by atoms with E-state index in [1.54, 1.807) is 0 Å². The molecule has 0 aromatic heterocycles. The molecular formula is C18H21NO. The van der Waals surface area contributed by atoms with Gasteiger partial charge in [0.15, 0.2) is 0 Å². The van der Waals surface area contributed by atoms with E-state index in [1.165, 1.54) is 5.56 Å². The molecule has 0 amide bonds. The predicted molar refractivity (Wildman–Crippen MR) is 82.1 cm³/mol. The summed E-state index contributed by atoms with van der Waals surface area (Å²) in [4.78, 5) is 0. The summed E-state index contributed by atoms with van der Waals surface area (Å²) in [5.74, 6) is 0.977. The van der Waals surface area contributed by atoms with Gasteiger partial charge in [-0.05, 0) is 43.6 Å². The average Bonchev–Trinajstić information content (AvgIpc) is 2.50. The van der Waals surface area contributed by atoms with E-state index in [0.29, 0.717) is 0 Å². The third-order valence-electron chi connectivity index (χ3n) is 3.96. The molecule has 0 bridgehead atoms. The van der Waals surface area contributed by atoms with Crippen LogP contribution in [0.4, 0.5) is 0 Å². The van der Waals surface area contributed by atoms with Gasteiger partial charge in [0, 0.05) is 6.42 Å². The summed E-state index contributed by atoms with van der Waals surface area (Å²) in [6.45, 7) is 2.05. The number of rotatable bonds is 4. The van der Waals surface area contributed by atoms with Crippen molar-refractivity contribution in [2.75, 3.05) is 13.1 Å². The van der Waals surface area contributed by atoms with Crippen LogP contribution in [-0.4, -0.2) is 18.7 Å². The summed E-state index contributed by atoms with van der Waals surface area (Å²) >= 11 is 0. The summed E-state index contributed by atoms with van der Waals surface area (Å²) in [6.07, 6.45) is 3.08. The molecule has 2 aromatic rings. The monoisotopic (exact) mass is 267 g/mol. The Morgan fingerprint density at radius 1 is 0.850 bits per heavy atom. The Kier molecular flexibility index (Phi) is 4.03. The summed E-state index contributed by atoms with van der Waals surface area (Å²) in [5.41, 5.74) is 1.28. The molecule has 1 heterocycles. The van der Waals surface area contributed by atoms with Gasteiger partial charge in [-0.3, -0.25) is 0 Å². The Bertz CT molecular complexity index is 474. The summed E-state index contributed by atoms with van der Waals surface area (Å²) < 4.78 is 6.41. The lowest BCUT2D eigenvalue weighted by Crippen LogP contribution is -2.47. The van der Waals surface area contributed by atoms with Crippen LogP contribution in [0.3, 0.4) is 0 Å². The van der Waals surface area contributed by atoms with E-state index in [-0.39, 0.29) is 5.60 Å². The number of piperidine rings is 1. The second-order valence-corrected chi connectivity index (χ2v) is 5.51. The van der Waals surface area contributed by atoms with Crippen LogP contribution >= 0.6 is 0 Å². The van der Waals surface area contributed by atoms with E-state index in [1.807, 2.05) is 18.2 Å². The third kappa shape index (κ3) is 3.20. The smallest absolute Gasteiger partial charge is 0.120 e. The van der Waals surface area contributed by atoms with Gasteiger partial charge in [0.1, 0.15) is 11.4 Å². The fourth-order valence-corrected chi connectivity index (χ4v) is 2.90. The average molecular weight is 267 g/mol. The Hall–Kier alpha value is -1.80. The van der Waals surface area contributed by atoms with E-state index < -0.39 is 0 Å². The first-order valence-corrected chi connectivity index (χ1v) is 7.35. The molecule has 0 saturated carbocycles. The van der Waals surface area contributed by atoms with E-state index >= 15 is 0 Å². The topological polar surface area (TPSA) is 21.3 Å². The minimum Gasteiger partial charge on any atom is -0.487 e. The molecule has 3 rings (SSSR count). The second kappa shape index (κ2) is 6.10. The van der Waals surface area contributed by atoms with Gasteiger partial charge in [-0.25, -0.2) is 0 Å². The highest BCUT2D eigenvalue weighted by molar-refractivity contribution is 5.24. The van der Waals surface area contributed by atoms with Gasteiger partial charge in [-0.2, -0.15) is 0 Å². The van der Waals surface area contributed by atoms with Crippen LogP contribution in [0.2, 0.25) is 0 Å². The molecule has 1 saturated heterocycles. The maximum atomic E-state index is 6.41. The van der Waals surface area contributed by atoms with Crippen LogP contribution < -0.4 is 10.1 Å². The fourth-order valence-electron chi connectivity index (χ4n) is 2.90. The maximum absolute atomic E-state index is 6.41. The number of ether oxygens (including phenoxy) is 1. The first-order chi connectivity index (χ1) is 9.86. The normalized spacial score (nSPS) is 17.6. The summed E-state index contributed by atoms with van der Waals surface area (Å²) in [6, 6.07) is 20.9. The van der Waals surface area contributed by atoms with Crippen molar-refractivity contribution >= 4 is 0 Å². The number of hydrogen-bond acceptors (Lipinski definition) is 2. The zero-order chi connectivity index (χ0) is 13.7. The minimum absolute atomic E-state index is 0.0754. The van der Waals surface area contributed by atoms with E-state index in [4.69, 9.17) is 4.74 Å². The molecule has 2 nitrogen and oxygen atoms in total. The molecule has 2 heteroatoms. The maximum Gasteiger partial charge on any atom is 0.120 e. The molecule has 0 unspecified atom stereocenters. The standard InChI is InChI=1S/C18H21NO/c1-3-7-16(8-4-1)15-18(11-13-19-14-12-18)20-17-9-5-2-6-10-17/h1-10,19H,11-15H2. The van der Waals surface area contributed by atoms with Crippen molar-refractivity contribution in [1.82, 2.24) is 5.32 Å². The van der Waals surface area contributed by atoms with Crippen molar-refractivity contribution in [1.29, 1.82) is 0 Å². The second-order valence-electron chi connectivity index (χ2n) is 5.51. The van der Waals surface area contributed by atoms with E-state index in [2.05, 4.69) is 47.8 Å². The quantitative estimate of drug-likeness (QED) is 0.916. The highest BCUT2D eigenvalue weighted by Crippen LogP contribution is 2.30. The molecule has 2 aromatic carbocycles. The molecular weight excluding hydrogens is 246 g/mol. The zero-order valence-corrected chi connectivity index (χ0v) is 11.7. The van der Waals surface area contributed by atoms with Crippen molar-refractivity contribution in [2.24, 2.45) is 0 Å². The number of nitrogens with one attached hydrogen (secondary N) is 1. The Morgan fingerprint density at radius 3 is 2.10 bits per heavy atom. The molecule has 20 heavy (non-hydrogen) atoms. The van der Waals surface area contributed by atoms with Gasteiger partial charge in [0.05, 0.1) is 0 Å². The van der Waals surface area contributed by atoms with E-state index in [9.17, 15) is 0 Å². The van der Waals surface area contributed by atoms with Gasteiger partial charge in [-0.1, -0.05) is 48.5 Å². The first kappa shape index (κ1) is 13.2. The highest BCUT2D eigenvalue weighted by atomic mass is 16.5. The fraction of sp³-hybridized carbons (Fsp3) is 0.333. The van der Waals surface area contributed by atoms with Gasteiger partial charge < -0.3 is 10.1 Å². The van der Waals surface area contributed by atoms with Gasteiger partial charge in [-0.15, -0.1) is 0 Å². The Morgan fingerprint density at radius 2 is 1.45 bits per heavy atom. The number of para-hydroxylation sites is 1. The summed E-state index contributed by atoms with van der Waals surface area (Å²) in [5, 5.41) is 3.43. The van der Waals surface area contributed by atoms with Crippen molar-refractivity contribution < 1.29 is 4.74 Å². The lowest BCUT2D eigenvalue weighted by atomic mass is 9.85.